The van der Waals surface area contributed by atoms with Crippen molar-refractivity contribution in [2.45, 2.75) is 31.7 Å². The molecule has 3 aromatic carbocycles. The van der Waals surface area contributed by atoms with Gasteiger partial charge in [0.05, 0.1) is 11.1 Å². The molecule has 36 heavy (non-hydrogen) atoms. The van der Waals surface area contributed by atoms with Gasteiger partial charge in [-0.25, -0.2) is 4.79 Å². The molecule has 0 radical (unpaired) electrons. The summed E-state index contributed by atoms with van der Waals surface area (Å²) in [6.07, 6.45) is -3.01. The van der Waals surface area contributed by atoms with Crippen LogP contribution in [0.1, 0.15) is 40.4 Å². The highest BCUT2D eigenvalue weighted by atomic mass is 19.4. The van der Waals surface area contributed by atoms with E-state index in [1.165, 1.54) is 30.3 Å². The van der Waals surface area contributed by atoms with Gasteiger partial charge in [0.1, 0.15) is 29.6 Å². The van der Waals surface area contributed by atoms with Gasteiger partial charge in [0.2, 0.25) is 0 Å². The van der Waals surface area contributed by atoms with Gasteiger partial charge in [-0.1, -0.05) is 41.6 Å². The molecule has 0 amide bonds. The maximum Gasteiger partial charge on any atom is 0.573 e. The Bertz CT molecular complexity index is 1370. The lowest BCUT2D eigenvalue weighted by atomic mass is 10.0. The normalized spacial score (nSPS) is 13.4. The number of para-hydroxylation sites is 1. The van der Waals surface area contributed by atoms with Crippen LogP contribution in [-0.4, -0.2) is 22.6 Å². The number of aromatic carboxylic acids is 1. The van der Waals surface area contributed by atoms with E-state index in [4.69, 9.17) is 14.4 Å². The number of alkyl halides is 3. The second-order valence-corrected chi connectivity index (χ2v) is 8.39. The molecule has 5 rings (SSSR count). The SMILES string of the molecule is O=C(O)c1ccc(-c2ccc(OCc3c(-c4ccccc4OC(F)(F)F)noc3C3CC3)cc2)cc1. The van der Waals surface area contributed by atoms with Gasteiger partial charge in [-0.2, -0.15) is 0 Å². The number of carbonyl (C=O) groups is 1. The number of carboxylic acids is 1. The summed E-state index contributed by atoms with van der Waals surface area (Å²) < 4.78 is 54.6. The van der Waals surface area contributed by atoms with E-state index in [1.807, 2.05) is 12.1 Å². The number of nitrogens with zero attached hydrogens (tertiary/aromatic N) is 1. The van der Waals surface area contributed by atoms with Gasteiger partial charge in [-0.15, -0.1) is 13.2 Å². The third kappa shape index (κ3) is 5.19. The molecule has 1 fully saturated rings. The Balaban J connectivity index is 1.37. The summed E-state index contributed by atoms with van der Waals surface area (Å²) in [5, 5.41) is 13.1. The van der Waals surface area contributed by atoms with Crippen LogP contribution in [0, 0.1) is 0 Å². The number of rotatable bonds is 8. The minimum Gasteiger partial charge on any atom is -0.489 e. The number of ether oxygens (including phenoxy) is 2. The molecular formula is C27H20F3NO5. The van der Waals surface area contributed by atoms with E-state index in [-0.39, 0.29) is 35.1 Å². The number of carboxylic acid groups (broad SMARTS) is 1. The van der Waals surface area contributed by atoms with Crippen LogP contribution in [0.2, 0.25) is 0 Å². The molecule has 9 heteroatoms. The Morgan fingerprint density at radius 1 is 0.972 bits per heavy atom. The molecule has 1 aliphatic carbocycles. The Morgan fingerprint density at radius 2 is 1.61 bits per heavy atom. The van der Waals surface area contributed by atoms with E-state index in [2.05, 4.69) is 9.89 Å². The van der Waals surface area contributed by atoms with E-state index in [0.717, 1.165) is 24.0 Å². The minimum atomic E-state index is -4.84. The van der Waals surface area contributed by atoms with Crippen molar-refractivity contribution in [3.63, 3.8) is 0 Å². The molecule has 1 N–H and O–H groups in total. The van der Waals surface area contributed by atoms with Gasteiger partial charge in [-0.3, -0.25) is 0 Å². The van der Waals surface area contributed by atoms with Crippen molar-refractivity contribution in [3.05, 3.63) is 89.7 Å². The molecule has 1 aliphatic rings. The Labute approximate surface area is 203 Å². The lowest BCUT2D eigenvalue weighted by Gasteiger charge is -2.13. The lowest BCUT2D eigenvalue weighted by molar-refractivity contribution is -0.274. The highest BCUT2D eigenvalue weighted by Crippen LogP contribution is 2.45. The van der Waals surface area contributed by atoms with Crippen LogP contribution in [0.25, 0.3) is 22.4 Å². The molecule has 0 aliphatic heterocycles. The van der Waals surface area contributed by atoms with Gasteiger partial charge >= 0.3 is 12.3 Å². The average molecular weight is 495 g/mol. The molecule has 6 nitrogen and oxygen atoms in total. The van der Waals surface area contributed by atoms with Crippen LogP contribution in [0.4, 0.5) is 13.2 Å². The quantitative estimate of drug-likeness (QED) is 0.282. The molecular weight excluding hydrogens is 475 g/mol. The standard InChI is InChI=1S/C27H20F3NO5/c28-27(29,30)35-23-4-2-1-3-21(23)24-22(25(36-31-24)18-7-8-18)15-34-20-13-11-17(12-14-20)16-5-9-19(10-6-16)26(32)33/h1-6,9-14,18H,7-8,15H2,(H,32,33). The molecule has 0 unspecified atom stereocenters. The van der Waals surface area contributed by atoms with Gasteiger partial charge < -0.3 is 19.1 Å². The lowest BCUT2D eigenvalue weighted by Crippen LogP contribution is -2.17. The fraction of sp³-hybridized carbons (Fsp3) is 0.185. The van der Waals surface area contributed by atoms with Crippen molar-refractivity contribution < 1.29 is 37.1 Å². The minimum absolute atomic E-state index is 0.0532. The van der Waals surface area contributed by atoms with E-state index in [9.17, 15) is 18.0 Å². The van der Waals surface area contributed by atoms with E-state index in [0.29, 0.717) is 17.1 Å². The molecule has 0 saturated heterocycles. The highest BCUT2D eigenvalue weighted by Gasteiger charge is 2.35. The first-order valence-electron chi connectivity index (χ1n) is 11.2. The number of hydrogen-bond donors (Lipinski definition) is 1. The predicted octanol–water partition coefficient (Wildman–Crippen LogP) is 7.06. The summed E-state index contributed by atoms with van der Waals surface area (Å²) in [4.78, 5) is 11.0. The predicted molar refractivity (Wildman–Crippen MR) is 124 cm³/mol. The fourth-order valence-electron chi connectivity index (χ4n) is 3.92. The highest BCUT2D eigenvalue weighted by molar-refractivity contribution is 5.88. The molecule has 1 saturated carbocycles. The summed E-state index contributed by atoms with van der Waals surface area (Å²) >= 11 is 0. The maximum atomic E-state index is 12.9. The topological polar surface area (TPSA) is 81.8 Å². The maximum absolute atomic E-state index is 12.9. The zero-order valence-corrected chi connectivity index (χ0v) is 18.8. The first kappa shape index (κ1) is 23.5. The van der Waals surface area contributed by atoms with E-state index >= 15 is 0 Å². The summed E-state index contributed by atoms with van der Waals surface area (Å²) in [6, 6.07) is 19.6. The molecule has 0 atom stereocenters. The summed E-state index contributed by atoms with van der Waals surface area (Å²) in [5.74, 6) is -0.0231. The van der Waals surface area contributed by atoms with Crippen molar-refractivity contribution in [2.75, 3.05) is 0 Å². The largest absolute Gasteiger partial charge is 0.573 e. The second-order valence-electron chi connectivity index (χ2n) is 8.39. The molecule has 184 valence electrons. The molecule has 1 aromatic heterocycles. The molecule has 0 bridgehead atoms. The summed E-state index contributed by atoms with van der Waals surface area (Å²) in [6.45, 7) is 0.0532. The third-order valence-electron chi connectivity index (χ3n) is 5.84. The molecule has 4 aromatic rings. The van der Waals surface area contributed by atoms with Crippen molar-refractivity contribution in [3.8, 4) is 33.9 Å². The van der Waals surface area contributed by atoms with Gasteiger partial charge in [-0.05, 0) is 60.4 Å². The number of halogens is 3. The average Bonchev–Trinajstić information content (AvgIpc) is 3.62. The Morgan fingerprint density at radius 3 is 2.22 bits per heavy atom. The van der Waals surface area contributed by atoms with Crippen LogP contribution in [0.15, 0.2) is 77.3 Å². The van der Waals surface area contributed by atoms with Crippen molar-refractivity contribution >= 4 is 5.97 Å². The Kier molecular flexibility index (Phi) is 6.13. The van der Waals surface area contributed by atoms with Gasteiger partial charge in [0.25, 0.3) is 0 Å². The van der Waals surface area contributed by atoms with Crippen LogP contribution in [0.5, 0.6) is 11.5 Å². The van der Waals surface area contributed by atoms with Gasteiger partial charge in [0.15, 0.2) is 0 Å². The summed E-state index contributed by atoms with van der Waals surface area (Å²) in [5.41, 5.74) is 2.95. The first-order valence-corrected chi connectivity index (χ1v) is 11.2. The number of hydrogen-bond acceptors (Lipinski definition) is 5. The zero-order chi connectivity index (χ0) is 25.3. The molecule has 1 heterocycles. The van der Waals surface area contributed by atoms with E-state index in [1.54, 1.807) is 30.3 Å². The molecule has 0 spiro atoms. The smallest absolute Gasteiger partial charge is 0.489 e. The van der Waals surface area contributed by atoms with Crippen LogP contribution in [0.3, 0.4) is 0 Å². The first-order chi connectivity index (χ1) is 17.3. The zero-order valence-electron chi connectivity index (χ0n) is 18.8. The van der Waals surface area contributed by atoms with Gasteiger partial charge in [0, 0.05) is 11.5 Å². The second kappa shape index (κ2) is 9.41. The number of aromatic nitrogens is 1. The van der Waals surface area contributed by atoms with E-state index < -0.39 is 12.3 Å². The Hall–Kier alpha value is -4.27. The van der Waals surface area contributed by atoms with Crippen molar-refractivity contribution in [1.29, 1.82) is 0 Å². The fourth-order valence-corrected chi connectivity index (χ4v) is 3.92. The third-order valence-corrected chi connectivity index (χ3v) is 5.84. The van der Waals surface area contributed by atoms with Crippen LogP contribution >= 0.6 is 0 Å². The monoisotopic (exact) mass is 495 g/mol. The van der Waals surface area contributed by atoms with Crippen molar-refractivity contribution in [2.24, 2.45) is 0 Å². The summed E-state index contributed by atoms with van der Waals surface area (Å²) in [7, 11) is 0. The van der Waals surface area contributed by atoms with Crippen molar-refractivity contribution in [1.82, 2.24) is 5.16 Å². The van der Waals surface area contributed by atoms with Crippen LogP contribution in [-0.2, 0) is 6.61 Å². The number of benzene rings is 3. The van der Waals surface area contributed by atoms with Crippen LogP contribution < -0.4 is 9.47 Å².